The molecule has 0 radical (unpaired) electrons. The van der Waals surface area contributed by atoms with Crippen molar-refractivity contribution in [3.63, 3.8) is 0 Å². The summed E-state index contributed by atoms with van der Waals surface area (Å²) in [4.78, 5) is 12.8. The maximum atomic E-state index is 13.8. The lowest BCUT2D eigenvalue weighted by atomic mass is 9.47. The molecule has 1 atom stereocenters. The van der Waals surface area contributed by atoms with E-state index >= 15 is 0 Å². The van der Waals surface area contributed by atoms with Gasteiger partial charge in [-0.05, 0) is 12.0 Å². The van der Waals surface area contributed by atoms with Crippen molar-refractivity contribution >= 4 is 0 Å². The first kappa shape index (κ1) is 14.3. The Morgan fingerprint density at radius 3 is 2.42 bits per heavy atom. The molecule has 24 heavy (non-hydrogen) atoms. The monoisotopic (exact) mass is 335 g/mol. The molecule has 2 aromatic rings. The topological polar surface area (TPSA) is 39.8 Å². The fraction of sp³-hybridized carbons (Fsp3) is 0.529. The van der Waals surface area contributed by atoms with E-state index in [0.717, 1.165) is 12.0 Å². The van der Waals surface area contributed by atoms with E-state index in [1.165, 1.54) is 16.8 Å². The third kappa shape index (κ3) is 1.70. The lowest BCUT2D eigenvalue weighted by Gasteiger charge is -2.64. The highest BCUT2D eigenvalue weighted by molar-refractivity contribution is 5.29. The minimum absolute atomic E-state index is 0.0258. The maximum Gasteiger partial charge on any atom is 0.347 e. The van der Waals surface area contributed by atoms with E-state index in [9.17, 15) is 18.0 Å². The molecule has 1 aliphatic heterocycles. The second-order valence-corrected chi connectivity index (χ2v) is 7.41. The largest absolute Gasteiger partial charge is 0.347 e. The van der Waals surface area contributed by atoms with Crippen LogP contribution in [0.3, 0.4) is 0 Å². The summed E-state index contributed by atoms with van der Waals surface area (Å²) in [5, 5.41) is 4.46. The number of fused-ring (bicyclic) bond motifs is 1. The summed E-state index contributed by atoms with van der Waals surface area (Å²) in [6.45, 7) is 0. The number of nitrogens with zero attached hydrogens (tertiary/aromatic N) is 3. The van der Waals surface area contributed by atoms with Gasteiger partial charge in [-0.25, -0.2) is 22.6 Å². The lowest BCUT2D eigenvalue weighted by Crippen LogP contribution is -2.72. The van der Waals surface area contributed by atoms with Crippen LogP contribution < -0.4 is 5.69 Å². The molecular formula is C17H16F3N3O. The Morgan fingerprint density at radius 1 is 1.17 bits per heavy atom. The van der Waals surface area contributed by atoms with Gasteiger partial charge in [0.2, 0.25) is 0 Å². The summed E-state index contributed by atoms with van der Waals surface area (Å²) in [5.41, 5.74) is -0.903. The zero-order chi connectivity index (χ0) is 16.7. The van der Waals surface area contributed by atoms with Crippen molar-refractivity contribution in [3.05, 3.63) is 51.7 Å². The first-order valence-corrected chi connectivity index (χ1v) is 8.19. The van der Waals surface area contributed by atoms with Gasteiger partial charge in [0.25, 0.3) is 6.43 Å². The van der Waals surface area contributed by atoms with Crippen LogP contribution in [0.1, 0.15) is 55.1 Å². The number of hydrogen-bond acceptors (Lipinski definition) is 2. The predicted octanol–water partition coefficient (Wildman–Crippen LogP) is 3.12. The summed E-state index contributed by atoms with van der Waals surface area (Å²) in [6.07, 6.45) is 0.0338. The van der Waals surface area contributed by atoms with Crippen LogP contribution in [0.5, 0.6) is 0 Å². The van der Waals surface area contributed by atoms with Gasteiger partial charge in [-0.15, -0.1) is 0 Å². The highest BCUT2D eigenvalue weighted by atomic mass is 19.3. The van der Waals surface area contributed by atoms with Crippen LogP contribution in [0, 0.1) is 0 Å². The molecule has 7 heteroatoms. The Kier molecular flexibility index (Phi) is 2.57. The number of hydrogen-bond donors (Lipinski definition) is 0. The molecule has 3 saturated carbocycles. The first-order chi connectivity index (χ1) is 11.4. The summed E-state index contributed by atoms with van der Waals surface area (Å²) >= 11 is 0. The van der Waals surface area contributed by atoms with E-state index in [1.54, 1.807) is 16.7 Å². The highest BCUT2D eigenvalue weighted by Gasteiger charge is 2.71. The van der Waals surface area contributed by atoms with Gasteiger partial charge in [0.05, 0.1) is 11.6 Å². The molecule has 0 N–H and O–H groups in total. The zero-order valence-electron chi connectivity index (χ0n) is 12.9. The van der Waals surface area contributed by atoms with E-state index in [4.69, 9.17) is 0 Å². The van der Waals surface area contributed by atoms with Crippen molar-refractivity contribution in [3.8, 4) is 0 Å². The fourth-order valence-electron chi connectivity index (χ4n) is 4.62. The summed E-state index contributed by atoms with van der Waals surface area (Å²) in [7, 11) is 0. The molecule has 1 unspecified atom stereocenters. The molecule has 0 amide bonds. The van der Waals surface area contributed by atoms with Gasteiger partial charge in [0, 0.05) is 31.2 Å². The van der Waals surface area contributed by atoms with Gasteiger partial charge in [-0.1, -0.05) is 24.3 Å². The molecule has 2 heterocycles. The number of rotatable bonds is 3. The first-order valence-electron chi connectivity index (χ1n) is 8.19. The molecule has 3 fully saturated rings. The third-order valence-electron chi connectivity index (χ3n) is 5.79. The zero-order valence-corrected chi connectivity index (χ0v) is 12.9. The van der Waals surface area contributed by atoms with Crippen molar-refractivity contribution in [2.75, 3.05) is 0 Å². The van der Waals surface area contributed by atoms with E-state index in [0.29, 0.717) is 31.5 Å². The smallest absolute Gasteiger partial charge is 0.271 e. The Labute approximate surface area is 135 Å². The van der Waals surface area contributed by atoms with Gasteiger partial charge < -0.3 is 0 Å². The van der Waals surface area contributed by atoms with Crippen molar-refractivity contribution in [2.45, 2.75) is 55.8 Å². The second-order valence-electron chi connectivity index (χ2n) is 7.41. The van der Waals surface area contributed by atoms with Gasteiger partial charge in [-0.2, -0.15) is 5.10 Å². The molecule has 126 valence electrons. The molecule has 4 nitrogen and oxygen atoms in total. The Morgan fingerprint density at radius 2 is 1.83 bits per heavy atom. The molecular weight excluding hydrogens is 319 g/mol. The normalized spacial score (nSPS) is 33.2. The van der Waals surface area contributed by atoms with Crippen LogP contribution in [0.15, 0.2) is 29.1 Å². The van der Waals surface area contributed by atoms with Gasteiger partial charge >= 0.3 is 5.69 Å². The number of halogens is 3. The summed E-state index contributed by atoms with van der Waals surface area (Å²) < 4.78 is 42.3. The van der Waals surface area contributed by atoms with Crippen molar-refractivity contribution < 1.29 is 13.2 Å². The molecule has 3 aliphatic carbocycles. The summed E-state index contributed by atoms with van der Waals surface area (Å²) in [6, 6.07) is 5.94. The van der Waals surface area contributed by atoms with Crippen LogP contribution in [0.4, 0.5) is 13.2 Å². The second kappa shape index (κ2) is 4.32. The number of benzene rings is 1. The molecule has 4 aliphatic rings. The molecule has 0 spiro atoms. The molecule has 0 saturated heterocycles. The average molecular weight is 335 g/mol. The van der Waals surface area contributed by atoms with Gasteiger partial charge in [0.1, 0.15) is 11.5 Å². The standard InChI is InChI=1S/C17H16F3N3O/c18-14(19)11-3-1-10(2-4-11)12-5-6-13-21-23(15(24)22(12)13)17-7-16(20,8-17)9-17/h1-4,12,14H,5-9H2. The average Bonchev–Trinajstić information content (AvgIpc) is 3.04. The van der Waals surface area contributed by atoms with Crippen LogP contribution in [0.25, 0.3) is 0 Å². The predicted molar refractivity (Wildman–Crippen MR) is 80.0 cm³/mol. The van der Waals surface area contributed by atoms with Gasteiger partial charge in [-0.3, -0.25) is 4.57 Å². The van der Waals surface area contributed by atoms with Crippen LogP contribution in [0.2, 0.25) is 0 Å². The minimum atomic E-state index is -2.50. The lowest BCUT2D eigenvalue weighted by molar-refractivity contribution is -0.205. The van der Waals surface area contributed by atoms with E-state index in [-0.39, 0.29) is 17.3 Å². The van der Waals surface area contributed by atoms with Crippen LogP contribution in [-0.2, 0) is 12.0 Å². The van der Waals surface area contributed by atoms with Crippen molar-refractivity contribution in [1.82, 2.24) is 14.3 Å². The number of alkyl halides is 3. The van der Waals surface area contributed by atoms with E-state index in [1.807, 2.05) is 0 Å². The highest BCUT2D eigenvalue weighted by Crippen LogP contribution is 2.66. The number of aryl methyl sites for hydroxylation is 1. The summed E-state index contributed by atoms with van der Waals surface area (Å²) in [5.74, 6) is 0.709. The fourth-order valence-corrected chi connectivity index (χ4v) is 4.62. The van der Waals surface area contributed by atoms with Gasteiger partial charge in [0.15, 0.2) is 0 Å². The minimum Gasteiger partial charge on any atom is -0.271 e. The van der Waals surface area contributed by atoms with Crippen LogP contribution in [-0.4, -0.2) is 20.0 Å². The van der Waals surface area contributed by atoms with Crippen LogP contribution >= 0.6 is 0 Å². The van der Waals surface area contributed by atoms with Crippen molar-refractivity contribution in [2.24, 2.45) is 0 Å². The van der Waals surface area contributed by atoms with E-state index < -0.39 is 17.6 Å². The molecule has 1 aromatic heterocycles. The quantitative estimate of drug-likeness (QED) is 0.865. The molecule has 1 aromatic carbocycles. The third-order valence-corrected chi connectivity index (χ3v) is 5.79. The number of aromatic nitrogens is 3. The Hall–Kier alpha value is -2.05. The van der Waals surface area contributed by atoms with Crippen molar-refractivity contribution in [1.29, 1.82) is 0 Å². The maximum absolute atomic E-state index is 13.8. The Bertz CT molecular complexity index is 864. The molecule has 2 bridgehead atoms. The van der Waals surface area contributed by atoms with E-state index in [2.05, 4.69) is 5.10 Å². The molecule has 6 rings (SSSR count). The SMILES string of the molecule is O=c1n(C23CC(F)(C2)C3)nc2n1C(c1ccc(C(F)F)cc1)CC2. The Balaban J connectivity index is 1.50.